The number of aliphatic hydroxyl groups is 1. The molecule has 1 saturated heterocycles. The topological polar surface area (TPSA) is 52.7 Å². The van der Waals surface area contributed by atoms with Crippen molar-refractivity contribution in [3.8, 4) is 0 Å². The van der Waals surface area contributed by atoms with E-state index in [0.717, 1.165) is 49.3 Å². The second-order valence-corrected chi connectivity index (χ2v) is 6.81. The van der Waals surface area contributed by atoms with Crippen LogP contribution in [0.4, 0.5) is 0 Å². The number of hydrogen-bond donors (Lipinski definition) is 1. The van der Waals surface area contributed by atoms with E-state index in [1.165, 1.54) is 25.9 Å². The van der Waals surface area contributed by atoms with E-state index in [0.29, 0.717) is 12.6 Å². The lowest BCUT2D eigenvalue weighted by molar-refractivity contribution is 0.120. The monoisotopic (exact) mass is 331 g/mol. The van der Waals surface area contributed by atoms with Crippen molar-refractivity contribution in [3.05, 3.63) is 30.2 Å². The van der Waals surface area contributed by atoms with Gasteiger partial charge in [-0.15, -0.1) is 0 Å². The van der Waals surface area contributed by atoms with Gasteiger partial charge in [-0.05, 0) is 64.5 Å². The summed E-state index contributed by atoms with van der Waals surface area (Å²) in [4.78, 5) is 9.51. The number of likely N-dealkylation sites (tertiary alicyclic amines) is 1. The average Bonchev–Trinajstić information content (AvgIpc) is 3.03. The number of benzene rings is 1. The summed E-state index contributed by atoms with van der Waals surface area (Å²) in [6, 6.07) is 8.63. The lowest BCUT2D eigenvalue weighted by Crippen LogP contribution is -2.44. The molecule has 0 unspecified atom stereocenters. The molecule has 2 aromatic rings. The fraction of sp³-hybridized carbons (Fsp3) is 0.632. The second-order valence-electron chi connectivity index (χ2n) is 6.81. The predicted octanol–water partition coefficient (Wildman–Crippen LogP) is 2.54. The van der Waals surface area contributed by atoms with Gasteiger partial charge in [-0.1, -0.05) is 12.1 Å². The quantitative estimate of drug-likeness (QED) is 0.805. The fourth-order valence-electron chi connectivity index (χ4n) is 3.57. The minimum absolute atomic E-state index is 0.291. The Morgan fingerprint density at radius 1 is 1.25 bits per heavy atom. The van der Waals surface area contributed by atoms with Gasteiger partial charge in [0.25, 0.3) is 0 Å². The van der Waals surface area contributed by atoms with Gasteiger partial charge in [0.05, 0.1) is 0 Å². The van der Waals surface area contributed by atoms with E-state index in [4.69, 9.17) is 9.52 Å². The summed E-state index contributed by atoms with van der Waals surface area (Å²) in [6.07, 6.45) is 5.33. The number of aliphatic hydroxyl groups excluding tert-OH is 1. The highest BCUT2D eigenvalue weighted by Gasteiger charge is 2.21. The lowest BCUT2D eigenvalue weighted by Gasteiger charge is -2.36. The number of oxazole rings is 1. The van der Waals surface area contributed by atoms with E-state index in [-0.39, 0.29) is 0 Å². The predicted molar refractivity (Wildman–Crippen MR) is 96.1 cm³/mol. The van der Waals surface area contributed by atoms with Crippen LogP contribution in [0, 0.1) is 0 Å². The van der Waals surface area contributed by atoms with Crippen LogP contribution >= 0.6 is 0 Å². The Bertz CT molecular complexity index is 587. The van der Waals surface area contributed by atoms with Crippen LogP contribution in [0.1, 0.15) is 31.6 Å². The zero-order valence-corrected chi connectivity index (χ0v) is 14.7. The van der Waals surface area contributed by atoms with Crippen molar-refractivity contribution in [2.45, 2.75) is 38.1 Å². The minimum Gasteiger partial charge on any atom is -0.441 e. The summed E-state index contributed by atoms with van der Waals surface area (Å²) in [7, 11) is 2.18. The molecule has 0 bridgehead atoms. The second kappa shape index (κ2) is 8.60. The van der Waals surface area contributed by atoms with Crippen LogP contribution in [0.15, 0.2) is 28.7 Å². The smallest absolute Gasteiger partial charge is 0.195 e. The van der Waals surface area contributed by atoms with E-state index in [2.05, 4.69) is 21.8 Å². The van der Waals surface area contributed by atoms with Gasteiger partial charge in [-0.3, -0.25) is 0 Å². The standard InChI is InChI=1S/C19H29N3O2/c1-21(11-5-15-23)16-9-13-22(14-10-16)12-4-8-19-20-17-6-2-3-7-18(17)24-19/h2-3,6-7,16,23H,4-5,8-15H2,1H3. The molecule has 5 heteroatoms. The van der Waals surface area contributed by atoms with Crippen LogP contribution in [0.5, 0.6) is 0 Å². The highest BCUT2D eigenvalue weighted by atomic mass is 16.3. The largest absolute Gasteiger partial charge is 0.441 e. The Hall–Kier alpha value is -1.43. The zero-order chi connectivity index (χ0) is 16.8. The molecule has 2 heterocycles. The number of aromatic nitrogens is 1. The number of hydrogen-bond acceptors (Lipinski definition) is 5. The Balaban J connectivity index is 1.37. The molecule has 0 amide bonds. The number of rotatable bonds is 8. The van der Waals surface area contributed by atoms with Crippen LogP contribution in [-0.4, -0.2) is 65.8 Å². The first-order chi connectivity index (χ1) is 11.8. The fourth-order valence-corrected chi connectivity index (χ4v) is 3.57. The number of nitrogens with zero attached hydrogens (tertiary/aromatic N) is 3. The van der Waals surface area contributed by atoms with Gasteiger partial charge < -0.3 is 19.3 Å². The van der Waals surface area contributed by atoms with Gasteiger partial charge >= 0.3 is 0 Å². The van der Waals surface area contributed by atoms with Crippen molar-refractivity contribution in [2.24, 2.45) is 0 Å². The molecule has 1 aliphatic heterocycles. The first-order valence-corrected chi connectivity index (χ1v) is 9.14. The van der Waals surface area contributed by atoms with E-state index < -0.39 is 0 Å². The Morgan fingerprint density at radius 2 is 2.04 bits per heavy atom. The number of fused-ring (bicyclic) bond motifs is 1. The van der Waals surface area contributed by atoms with Crippen LogP contribution < -0.4 is 0 Å². The summed E-state index contributed by atoms with van der Waals surface area (Å²) in [5, 5.41) is 8.95. The SMILES string of the molecule is CN(CCCO)C1CCN(CCCc2nc3ccccc3o2)CC1. The lowest BCUT2D eigenvalue weighted by atomic mass is 10.0. The Labute approximate surface area is 144 Å². The van der Waals surface area contributed by atoms with Crippen molar-refractivity contribution in [2.75, 3.05) is 39.8 Å². The summed E-state index contributed by atoms with van der Waals surface area (Å²) < 4.78 is 5.79. The summed E-state index contributed by atoms with van der Waals surface area (Å²) in [5.74, 6) is 0.856. The van der Waals surface area contributed by atoms with Crippen LogP contribution in [0.3, 0.4) is 0 Å². The molecule has 1 aromatic heterocycles. The highest BCUT2D eigenvalue weighted by Crippen LogP contribution is 2.18. The van der Waals surface area contributed by atoms with Gasteiger partial charge in [0, 0.05) is 25.6 Å². The highest BCUT2D eigenvalue weighted by molar-refractivity contribution is 5.72. The summed E-state index contributed by atoms with van der Waals surface area (Å²) in [5.41, 5.74) is 1.85. The molecule has 0 radical (unpaired) electrons. The maximum Gasteiger partial charge on any atom is 0.195 e. The molecule has 24 heavy (non-hydrogen) atoms. The van der Waals surface area contributed by atoms with Crippen LogP contribution in [0.2, 0.25) is 0 Å². The number of piperidine rings is 1. The van der Waals surface area contributed by atoms with Crippen molar-refractivity contribution < 1.29 is 9.52 Å². The van der Waals surface area contributed by atoms with E-state index in [1.807, 2.05) is 24.3 Å². The molecule has 0 atom stereocenters. The molecule has 1 aliphatic rings. The number of aryl methyl sites for hydroxylation is 1. The molecule has 0 saturated carbocycles. The maximum absolute atomic E-state index is 8.95. The van der Waals surface area contributed by atoms with Gasteiger partial charge in [0.15, 0.2) is 11.5 Å². The maximum atomic E-state index is 8.95. The van der Waals surface area contributed by atoms with Crippen molar-refractivity contribution in [3.63, 3.8) is 0 Å². The molecule has 0 spiro atoms. The average molecular weight is 331 g/mol. The molecule has 1 N–H and O–H groups in total. The zero-order valence-electron chi connectivity index (χ0n) is 14.7. The van der Waals surface area contributed by atoms with Gasteiger partial charge in [0.1, 0.15) is 5.52 Å². The molecule has 1 aromatic carbocycles. The van der Waals surface area contributed by atoms with Gasteiger partial charge in [-0.2, -0.15) is 0 Å². The molecule has 3 rings (SSSR count). The normalized spacial score (nSPS) is 17.1. The molecule has 1 fully saturated rings. The van der Waals surface area contributed by atoms with E-state index >= 15 is 0 Å². The third kappa shape index (κ3) is 4.56. The minimum atomic E-state index is 0.291. The van der Waals surface area contributed by atoms with Crippen LogP contribution in [0.25, 0.3) is 11.1 Å². The molecule has 132 valence electrons. The van der Waals surface area contributed by atoms with E-state index in [1.54, 1.807) is 0 Å². The molecule has 5 nitrogen and oxygen atoms in total. The number of para-hydroxylation sites is 2. The van der Waals surface area contributed by atoms with Gasteiger partial charge in [-0.25, -0.2) is 4.98 Å². The van der Waals surface area contributed by atoms with Gasteiger partial charge in [0.2, 0.25) is 0 Å². The third-order valence-electron chi connectivity index (χ3n) is 5.05. The summed E-state index contributed by atoms with van der Waals surface area (Å²) in [6.45, 7) is 4.74. The van der Waals surface area contributed by atoms with Crippen molar-refractivity contribution in [1.82, 2.24) is 14.8 Å². The first kappa shape index (κ1) is 17.4. The Kier molecular flexibility index (Phi) is 6.24. The van der Waals surface area contributed by atoms with Crippen LogP contribution in [-0.2, 0) is 6.42 Å². The first-order valence-electron chi connectivity index (χ1n) is 9.14. The summed E-state index contributed by atoms with van der Waals surface area (Å²) >= 11 is 0. The molecular formula is C19H29N3O2. The van der Waals surface area contributed by atoms with Crippen molar-refractivity contribution in [1.29, 1.82) is 0 Å². The molecule has 0 aliphatic carbocycles. The third-order valence-corrected chi connectivity index (χ3v) is 5.05. The van der Waals surface area contributed by atoms with Crippen molar-refractivity contribution >= 4 is 11.1 Å². The Morgan fingerprint density at radius 3 is 2.79 bits per heavy atom. The van der Waals surface area contributed by atoms with E-state index in [9.17, 15) is 0 Å². The molecular weight excluding hydrogens is 302 g/mol.